The lowest BCUT2D eigenvalue weighted by Crippen LogP contribution is -2.47. The molecule has 3 aromatic rings. The van der Waals surface area contributed by atoms with Crippen LogP contribution >= 0.6 is 11.6 Å². The van der Waals surface area contributed by atoms with Gasteiger partial charge in [-0.05, 0) is 6.07 Å². The summed E-state index contributed by atoms with van der Waals surface area (Å²) in [6.45, 7) is 1.02. The lowest BCUT2D eigenvalue weighted by molar-refractivity contribution is -0.0148. The minimum atomic E-state index is -1.00. The lowest BCUT2D eigenvalue weighted by Gasteiger charge is -2.31. The molecule has 1 aliphatic heterocycles. The SMILES string of the molecule is O=C(O)N1CCOC(CNc2nc(-c3c[nH]c4ncc(Cl)cc34)ncc2F)C1. The van der Waals surface area contributed by atoms with Crippen molar-refractivity contribution in [3.63, 3.8) is 0 Å². The van der Waals surface area contributed by atoms with Gasteiger partial charge in [0, 0.05) is 36.4 Å². The van der Waals surface area contributed by atoms with Crippen LogP contribution in [0.1, 0.15) is 0 Å². The van der Waals surface area contributed by atoms with Crippen LogP contribution in [0.25, 0.3) is 22.4 Å². The molecule has 0 aliphatic carbocycles. The number of halogens is 2. The second-order valence-corrected chi connectivity index (χ2v) is 6.68. The molecule has 3 aromatic heterocycles. The van der Waals surface area contributed by atoms with Gasteiger partial charge in [0.15, 0.2) is 17.5 Å². The number of rotatable bonds is 4. The number of pyridine rings is 1. The number of ether oxygens (including phenoxy) is 1. The van der Waals surface area contributed by atoms with Crippen LogP contribution in [-0.2, 0) is 4.74 Å². The fourth-order valence-electron chi connectivity index (χ4n) is 3.01. The average molecular weight is 407 g/mol. The third-order valence-electron chi connectivity index (χ3n) is 4.39. The van der Waals surface area contributed by atoms with Crippen molar-refractivity contribution in [3.05, 3.63) is 35.5 Å². The molecular weight excluding hydrogens is 391 g/mol. The molecule has 1 fully saturated rings. The van der Waals surface area contributed by atoms with Crippen LogP contribution in [0.4, 0.5) is 15.0 Å². The van der Waals surface area contributed by atoms with Crippen molar-refractivity contribution in [3.8, 4) is 11.4 Å². The number of H-pyrrole nitrogens is 1. The summed E-state index contributed by atoms with van der Waals surface area (Å²) < 4.78 is 19.7. The minimum absolute atomic E-state index is 0.00499. The molecule has 28 heavy (non-hydrogen) atoms. The number of hydrogen-bond donors (Lipinski definition) is 3. The topological polar surface area (TPSA) is 116 Å². The van der Waals surface area contributed by atoms with E-state index in [1.807, 2.05) is 0 Å². The molecule has 0 radical (unpaired) electrons. The van der Waals surface area contributed by atoms with Gasteiger partial charge < -0.3 is 25.0 Å². The van der Waals surface area contributed by atoms with Crippen LogP contribution < -0.4 is 5.32 Å². The molecule has 4 heterocycles. The number of nitrogens with zero attached hydrogens (tertiary/aromatic N) is 4. The molecule has 1 aliphatic rings. The Bertz CT molecular complexity index is 1030. The molecule has 1 saturated heterocycles. The quantitative estimate of drug-likeness (QED) is 0.609. The Hall–Kier alpha value is -2.98. The van der Waals surface area contributed by atoms with Gasteiger partial charge >= 0.3 is 6.09 Å². The zero-order valence-electron chi connectivity index (χ0n) is 14.5. The normalized spacial score (nSPS) is 17.1. The summed E-state index contributed by atoms with van der Waals surface area (Å²) in [6.07, 6.45) is 2.87. The smallest absolute Gasteiger partial charge is 0.407 e. The number of aromatic amines is 1. The Kier molecular flexibility index (Phi) is 4.97. The zero-order valence-corrected chi connectivity index (χ0v) is 15.3. The fraction of sp³-hybridized carbons (Fsp3) is 0.294. The number of nitrogens with one attached hydrogen (secondary N) is 2. The van der Waals surface area contributed by atoms with Gasteiger partial charge in [-0.2, -0.15) is 0 Å². The number of morpholine rings is 1. The first-order valence-corrected chi connectivity index (χ1v) is 8.88. The van der Waals surface area contributed by atoms with E-state index in [0.29, 0.717) is 35.2 Å². The van der Waals surface area contributed by atoms with Gasteiger partial charge in [-0.15, -0.1) is 0 Å². The van der Waals surface area contributed by atoms with E-state index in [1.165, 1.54) is 11.1 Å². The summed E-state index contributed by atoms with van der Waals surface area (Å²) in [6, 6.07) is 1.73. The van der Waals surface area contributed by atoms with Crippen molar-refractivity contribution in [2.24, 2.45) is 0 Å². The first kappa shape index (κ1) is 18.4. The van der Waals surface area contributed by atoms with E-state index in [-0.39, 0.29) is 18.9 Å². The van der Waals surface area contributed by atoms with Crippen LogP contribution in [-0.4, -0.2) is 68.4 Å². The van der Waals surface area contributed by atoms with Crippen molar-refractivity contribution in [2.75, 3.05) is 31.6 Å². The van der Waals surface area contributed by atoms with Gasteiger partial charge in [0.2, 0.25) is 0 Å². The summed E-state index contributed by atoms with van der Waals surface area (Å²) in [5.41, 5.74) is 1.25. The van der Waals surface area contributed by atoms with E-state index in [1.54, 1.807) is 12.3 Å². The van der Waals surface area contributed by atoms with Gasteiger partial charge in [0.1, 0.15) is 5.65 Å². The summed E-state index contributed by atoms with van der Waals surface area (Å²) >= 11 is 6.01. The Morgan fingerprint density at radius 1 is 1.46 bits per heavy atom. The van der Waals surface area contributed by atoms with E-state index in [9.17, 15) is 9.18 Å². The van der Waals surface area contributed by atoms with E-state index in [2.05, 4.69) is 25.3 Å². The summed E-state index contributed by atoms with van der Waals surface area (Å²) in [5.74, 6) is -0.313. The second kappa shape index (κ2) is 7.56. The molecule has 11 heteroatoms. The Labute approximate surface area is 163 Å². The fourth-order valence-corrected chi connectivity index (χ4v) is 3.17. The molecular formula is C17H16ClFN6O3. The zero-order chi connectivity index (χ0) is 19.7. The van der Waals surface area contributed by atoms with E-state index >= 15 is 0 Å². The predicted octanol–water partition coefficient (Wildman–Crippen LogP) is 2.60. The van der Waals surface area contributed by atoms with Crippen molar-refractivity contribution < 1.29 is 19.0 Å². The lowest BCUT2D eigenvalue weighted by atomic mass is 10.2. The minimum Gasteiger partial charge on any atom is -0.465 e. The maximum atomic E-state index is 14.2. The first-order valence-electron chi connectivity index (χ1n) is 8.50. The molecule has 0 saturated carbocycles. The Morgan fingerprint density at radius 3 is 3.14 bits per heavy atom. The summed E-state index contributed by atoms with van der Waals surface area (Å²) in [7, 11) is 0. The molecule has 0 bridgehead atoms. The van der Waals surface area contributed by atoms with Gasteiger partial charge in [0.05, 0.1) is 30.5 Å². The standard InChI is InChI=1S/C17H16ClFN6O3/c18-9-3-11-12(6-22-14(11)20-4-9)15-23-7-13(19)16(24-15)21-5-10-8-25(17(26)27)1-2-28-10/h3-4,6-7,10H,1-2,5,8H2,(H,20,22)(H,26,27)(H,21,23,24). The van der Waals surface area contributed by atoms with Crippen molar-refractivity contribution >= 4 is 34.5 Å². The molecule has 0 spiro atoms. The highest BCUT2D eigenvalue weighted by molar-refractivity contribution is 6.31. The molecule has 1 atom stereocenters. The van der Waals surface area contributed by atoms with Crippen LogP contribution in [0.15, 0.2) is 24.7 Å². The van der Waals surface area contributed by atoms with Crippen molar-refractivity contribution in [1.82, 2.24) is 24.8 Å². The number of carboxylic acid groups (broad SMARTS) is 1. The molecule has 4 rings (SSSR count). The third kappa shape index (κ3) is 3.69. The Balaban J connectivity index is 1.54. The van der Waals surface area contributed by atoms with Crippen LogP contribution in [0.3, 0.4) is 0 Å². The largest absolute Gasteiger partial charge is 0.465 e. The maximum Gasteiger partial charge on any atom is 0.407 e. The molecule has 1 unspecified atom stereocenters. The van der Waals surface area contributed by atoms with E-state index < -0.39 is 18.0 Å². The number of hydrogen-bond acceptors (Lipinski definition) is 6. The number of fused-ring (bicyclic) bond motifs is 1. The van der Waals surface area contributed by atoms with Gasteiger partial charge in [-0.3, -0.25) is 0 Å². The highest BCUT2D eigenvalue weighted by Gasteiger charge is 2.24. The van der Waals surface area contributed by atoms with Crippen LogP contribution in [0.2, 0.25) is 5.02 Å². The average Bonchev–Trinajstić information content (AvgIpc) is 3.10. The molecule has 3 N–H and O–H groups in total. The number of aromatic nitrogens is 4. The Morgan fingerprint density at radius 2 is 2.32 bits per heavy atom. The number of anilines is 1. The van der Waals surface area contributed by atoms with Crippen LogP contribution in [0, 0.1) is 5.82 Å². The third-order valence-corrected chi connectivity index (χ3v) is 4.60. The summed E-state index contributed by atoms with van der Waals surface area (Å²) in [4.78, 5) is 27.9. The highest BCUT2D eigenvalue weighted by atomic mass is 35.5. The van der Waals surface area contributed by atoms with Crippen molar-refractivity contribution in [1.29, 1.82) is 0 Å². The van der Waals surface area contributed by atoms with Gasteiger partial charge in [-0.1, -0.05) is 11.6 Å². The second-order valence-electron chi connectivity index (χ2n) is 6.24. The van der Waals surface area contributed by atoms with Crippen molar-refractivity contribution in [2.45, 2.75) is 6.10 Å². The van der Waals surface area contributed by atoms with Gasteiger partial charge in [0.25, 0.3) is 0 Å². The number of carbonyl (C=O) groups is 1. The van der Waals surface area contributed by atoms with E-state index in [0.717, 1.165) is 11.6 Å². The van der Waals surface area contributed by atoms with Crippen LogP contribution in [0.5, 0.6) is 0 Å². The first-order chi connectivity index (χ1) is 13.5. The molecule has 0 aromatic carbocycles. The monoisotopic (exact) mass is 406 g/mol. The highest BCUT2D eigenvalue weighted by Crippen LogP contribution is 2.28. The molecule has 9 nitrogen and oxygen atoms in total. The molecule has 146 valence electrons. The van der Waals surface area contributed by atoms with E-state index in [4.69, 9.17) is 21.4 Å². The summed E-state index contributed by atoms with van der Waals surface area (Å²) in [5, 5.41) is 13.2. The maximum absolute atomic E-state index is 14.2. The predicted molar refractivity (Wildman–Crippen MR) is 99.9 cm³/mol. The molecule has 1 amide bonds. The number of amides is 1. The van der Waals surface area contributed by atoms with Gasteiger partial charge in [-0.25, -0.2) is 24.1 Å².